The summed E-state index contributed by atoms with van der Waals surface area (Å²) in [5.74, 6) is -0.247. The number of imide groups is 1. The lowest BCUT2D eigenvalue weighted by Gasteiger charge is -2.14. The van der Waals surface area contributed by atoms with Crippen molar-refractivity contribution < 1.29 is 14.4 Å². The van der Waals surface area contributed by atoms with E-state index in [0.717, 1.165) is 18.5 Å². The summed E-state index contributed by atoms with van der Waals surface area (Å²) < 4.78 is 0. The van der Waals surface area contributed by atoms with Gasteiger partial charge in [-0.15, -0.1) is 0 Å². The molecular weight excluding hydrogens is 284 g/mol. The lowest BCUT2D eigenvalue weighted by molar-refractivity contribution is -0.125. The first-order valence-electron chi connectivity index (χ1n) is 7.32. The zero-order valence-corrected chi connectivity index (χ0v) is 12.1. The van der Waals surface area contributed by atoms with E-state index in [2.05, 4.69) is 16.0 Å². The number of amides is 4. The van der Waals surface area contributed by atoms with Crippen LogP contribution in [0.3, 0.4) is 0 Å². The number of rotatable bonds is 4. The first-order chi connectivity index (χ1) is 10.6. The average Bonchev–Trinajstić information content (AvgIpc) is 3.13. The van der Waals surface area contributed by atoms with Gasteiger partial charge in [-0.25, -0.2) is 4.79 Å². The number of carbonyl (C=O) groups is 3. The van der Waals surface area contributed by atoms with Crippen molar-refractivity contribution in [2.75, 3.05) is 25.0 Å². The SMILES string of the molecule is O=C(Nc1cccc(CN2C(=O)CNC2=O)c1)C1CCNC1. The van der Waals surface area contributed by atoms with Crippen LogP contribution >= 0.6 is 0 Å². The fraction of sp³-hybridized carbons (Fsp3) is 0.400. The van der Waals surface area contributed by atoms with Crippen molar-refractivity contribution in [3.63, 3.8) is 0 Å². The molecule has 22 heavy (non-hydrogen) atoms. The summed E-state index contributed by atoms with van der Waals surface area (Å²) in [6, 6.07) is 6.84. The molecule has 0 bridgehead atoms. The molecule has 7 nitrogen and oxygen atoms in total. The Hall–Kier alpha value is -2.41. The van der Waals surface area contributed by atoms with E-state index in [1.807, 2.05) is 6.07 Å². The molecule has 0 spiro atoms. The van der Waals surface area contributed by atoms with Crippen LogP contribution in [0.2, 0.25) is 0 Å². The van der Waals surface area contributed by atoms with E-state index in [1.165, 1.54) is 4.90 Å². The molecule has 1 atom stereocenters. The van der Waals surface area contributed by atoms with Crippen LogP contribution < -0.4 is 16.0 Å². The lowest BCUT2D eigenvalue weighted by atomic mass is 10.1. The minimum atomic E-state index is -0.378. The number of urea groups is 1. The molecule has 2 fully saturated rings. The van der Waals surface area contributed by atoms with Crippen molar-refractivity contribution in [3.8, 4) is 0 Å². The molecule has 1 unspecified atom stereocenters. The van der Waals surface area contributed by atoms with Gasteiger partial charge in [0.05, 0.1) is 19.0 Å². The van der Waals surface area contributed by atoms with E-state index in [-0.39, 0.29) is 36.9 Å². The smallest absolute Gasteiger partial charge is 0.324 e. The van der Waals surface area contributed by atoms with Gasteiger partial charge in [-0.1, -0.05) is 12.1 Å². The molecule has 1 aromatic carbocycles. The first-order valence-corrected chi connectivity index (χ1v) is 7.32. The van der Waals surface area contributed by atoms with Gasteiger partial charge in [0.25, 0.3) is 0 Å². The Bertz CT molecular complexity index is 595. The number of carbonyl (C=O) groups excluding carboxylic acids is 3. The second-order valence-corrected chi connectivity index (χ2v) is 5.52. The quantitative estimate of drug-likeness (QED) is 0.697. The normalized spacial score (nSPS) is 21.1. The number of benzene rings is 1. The van der Waals surface area contributed by atoms with E-state index in [9.17, 15) is 14.4 Å². The van der Waals surface area contributed by atoms with Gasteiger partial charge in [-0.05, 0) is 30.7 Å². The zero-order chi connectivity index (χ0) is 15.5. The Kier molecular flexibility index (Phi) is 4.06. The summed E-state index contributed by atoms with van der Waals surface area (Å²) in [6.07, 6.45) is 0.841. The minimum absolute atomic E-state index is 0.00265. The molecule has 2 aliphatic heterocycles. The maximum atomic E-state index is 12.1. The number of hydrogen-bond donors (Lipinski definition) is 3. The summed E-state index contributed by atoms with van der Waals surface area (Å²) in [7, 11) is 0. The average molecular weight is 302 g/mol. The van der Waals surface area contributed by atoms with Crippen LogP contribution in [0.1, 0.15) is 12.0 Å². The standard InChI is InChI=1S/C15H18N4O3/c20-13-8-17-15(22)19(13)9-10-2-1-3-12(6-10)18-14(21)11-4-5-16-7-11/h1-3,6,11,16H,4-5,7-9H2,(H,17,22)(H,18,21). The molecule has 116 valence electrons. The number of nitrogens with zero attached hydrogens (tertiary/aromatic N) is 1. The largest absolute Gasteiger partial charge is 0.329 e. The van der Waals surface area contributed by atoms with Gasteiger partial charge < -0.3 is 16.0 Å². The van der Waals surface area contributed by atoms with Crippen molar-refractivity contribution in [2.24, 2.45) is 5.92 Å². The number of anilines is 1. The third-order valence-corrected chi connectivity index (χ3v) is 3.90. The molecule has 1 aromatic rings. The maximum absolute atomic E-state index is 12.1. The van der Waals surface area contributed by atoms with Crippen LogP contribution in [0.15, 0.2) is 24.3 Å². The fourth-order valence-electron chi connectivity index (χ4n) is 2.67. The summed E-state index contributed by atoms with van der Waals surface area (Å²) in [6.45, 7) is 1.82. The van der Waals surface area contributed by atoms with Crippen LogP contribution in [0.5, 0.6) is 0 Å². The van der Waals surface area contributed by atoms with Gasteiger partial charge >= 0.3 is 6.03 Å². The van der Waals surface area contributed by atoms with Crippen LogP contribution in [-0.4, -0.2) is 42.4 Å². The Balaban J connectivity index is 1.66. The first kappa shape index (κ1) is 14.5. The highest BCUT2D eigenvalue weighted by Gasteiger charge is 2.28. The highest BCUT2D eigenvalue weighted by molar-refractivity contribution is 6.01. The van der Waals surface area contributed by atoms with Crippen LogP contribution in [0.25, 0.3) is 0 Å². The van der Waals surface area contributed by atoms with E-state index in [0.29, 0.717) is 12.2 Å². The molecule has 2 heterocycles. The fourth-order valence-corrected chi connectivity index (χ4v) is 2.67. The molecule has 3 rings (SSSR count). The third kappa shape index (κ3) is 3.09. The third-order valence-electron chi connectivity index (χ3n) is 3.90. The van der Waals surface area contributed by atoms with Crippen LogP contribution in [0, 0.1) is 5.92 Å². The second-order valence-electron chi connectivity index (χ2n) is 5.52. The molecule has 0 aromatic heterocycles. The van der Waals surface area contributed by atoms with Gasteiger partial charge in [-0.2, -0.15) is 0 Å². The summed E-state index contributed by atoms with van der Waals surface area (Å²) in [5, 5.41) is 8.53. The van der Waals surface area contributed by atoms with Gasteiger partial charge in [0.2, 0.25) is 11.8 Å². The van der Waals surface area contributed by atoms with Gasteiger partial charge in [0, 0.05) is 12.2 Å². The molecular formula is C15H18N4O3. The lowest BCUT2D eigenvalue weighted by Crippen LogP contribution is -2.30. The van der Waals surface area contributed by atoms with E-state index in [4.69, 9.17) is 0 Å². The topological polar surface area (TPSA) is 90.5 Å². The second kappa shape index (κ2) is 6.15. The molecule has 7 heteroatoms. The van der Waals surface area contributed by atoms with Crippen LogP contribution in [0.4, 0.5) is 10.5 Å². The van der Waals surface area contributed by atoms with E-state index < -0.39 is 0 Å². The molecule has 0 aliphatic carbocycles. The number of nitrogens with one attached hydrogen (secondary N) is 3. The minimum Gasteiger partial charge on any atom is -0.329 e. The van der Waals surface area contributed by atoms with Gasteiger partial charge in [0.15, 0.2) is 0 Å². The summed E-state index contributed by atoms with van der Waals surface area (Å²) in [4.78, 5) is 36.4. The molecule has 2 aliphatic rings. The summed E-state index contributed by atoms with van der Waals surface area (Å²) >= 11 is 0. The van der Waals surface area contributed by atoms with E-state index >= 15 is 0 Å². The predicted molar refractivity (Wildman–Crippen MR) is 80.0 cm³/mol. The van der Waals surface area contributed by atoms with Crippen molar-refractivity contribution in [1.82, 2.24) is 15.5 Å². The molecule has 0 radical (unpaired) electrons. The van der Waals surface area contributed by atoms with E-state index in [1.54, 1.807) is 18.2 Å². The Morgan fingerprint density at radius 3 is 2.91 bits per heavy atom. The van der Waals surface area contributed by atoms with Crippen molar-refractivity contribution >= 4 is 23.5 Å². The summed E-state index contributed by atoms with van der Waals surface area (Å²) in [5.41, 5.74) is 1.48. The Morgan fingerprint density at radius 1 is 1.36 bits per heavy atom. The highest BCUT2D eigenvalue weighted by atomic mass is 16.2. The Labute approximate surface area is 128 Å². The van der Waals surface area contributed by atoms with Gasteiger partial charge in [0.1, 0.15) is 0 Å². The van der Waals surface area contributed by atoms with Crippen molar-refractivity contribution in [3.05, 3.63) is 29.8 Å². The molecule has 0 saturated carbocycles. The van der Waals surface area contributed by atoms with Crippen molar-refractivity contribution in [2.45, 2.75) is 13.0 Å². The molecule has 2 saturated heterocycles. The Morgan fingerprint density at radius 2 is 2.23 bits per heavy atom. The van der Waals surface area contributed by atoms with Crippen molar-refractivity contribution in [1.29, 1.82) is 0 Å². The predicted octanol–water partition coefficient (Wildman–Crippen LogP) is 0.286. The van der Waals surface area contributed by atoms with Gasteiger partial charge in [-0.3, -0.25) is 14.5 Å². The zero-order valence-electron chi connectivity index (χ0n) is 12.1. The van der Waals surface area contributed by atoms with Crippen LogP contribution in [-0.2, 0) is 16.1 Å². The maximum Gasteiger partial charge on any atom is 0.324 e. The molecule has 4 amide bonds. The monoisotopic (exact) mass is 302 g/mol. The molecule has 3 N–H and O–H groups in total. The highest BCUT2D eigenvalue weighted by Crippen LogP contribution is 2.16. The number of hydrogen-bond acceptors (Lipinski definition) is 4.